The number of fused-ring (bicyclic) bond motifs is 1. The number of hydrogen-bond acceptors (Lipinski definition) is 4. The quantitative estimate of drug-likeness (QED) is 0.817. The number of aliphatic carboxylic acids is 1. The van der Waals surface area contributed by atoms with Crippen molar-refractivity contribution in [3.8, 4) is 0 Å². The van der Waals surface area contributed by atoms with Gasteiger partial charge in [0, 0.05) is 16.8 Å². The monoisotopic (exact) mass is 330 g/mol. The first kappa shape index (κ1) is 15.5. The van der Waals surface area contributed by atoms with Crippen LogP contribution in [0.1, 0.15) is 13.0 Å². The standard InChI is InChI=1S/C13H15ClN2O2S2/c1-8(6-19-2)16-11-5-9(14)3-4-10(11)15-13(16)20-7-12(17)18/h3-5,8H,6-7H2,1-2H3,(H,17,18). The summed E-state index contributed by atoms with van der Waals surface area (Å²) in [6.45, 7) is 2.10. The van der Waals surface area contributed by atoms with Crippen molar-refractivity contribution in [2.75, 3.05) is 17.8 Å². The molecule has 0 aliphatic carbocycles. The van der Waals surface area contributed by atoms with Gasteiger partial charge in [-0.3, -0.25) is 4.79 Å². The smallest absolute Gasteiger partial charge is 0.313 e. The Morgan fingerprint density at radius 2 is 2.30 bits per heavy atom. The van der Waals surface area contributed by atoms with Crippen LogP contribution in [0.3, 0.4) is 0 Å². The average Bonchev–Trinajstić information content (AvgIpc) is 2.74. The van der Waals surface area contributed by atoms with Crippen molar-refractivity contribution in [3.05, 3.63) is 23.2 Å². The average molecular weight is 331 g/mol. The summed E-state index contributed by atoms with van der Waals surface area (Å²) in [5.74, 6) is 0.0888. The van der Waals surface area contributed by atoms with Crippen LogP contribution in [0.25, 0.3) is 11.0 Å². The van der Waals surface area contributed by atoms with E-state index in [4.69, 9.17) is 16.7 Å². The van der Waals surface area contributed by atoms with E-state index >= 15 is 0 Å². The van der Waals surface area contributed by atoms with Gasteiger partial charge >= 0.3 is 5.97 Å². The largest absolute Gasteiger partial charge is 0.481 e. The molecule has 0 saturated carbocycles. The molecule has 0 saturated heterocycles. The number of carboxylic acid groups (broad SMARTS) is 1. The van der Waals surface area contributed by atoms with Gasteiger partial charge in [-0.05, 0) is 31.4 Å². The summed E-state index contributed by atoms with van der Waals surface area (Å²) in [5, 5.41) is 10.2. The number of imidazole rings is 1. The van der Waals surface area contributed by atoms with Crippen LogP contribution < -0.4 is 0 Å². The molecule has 1 aromatic carbocycles. The minimum atomic E-state index is -0.843. The Morgan fingerprint density at radius 3 is 2.95 bits per heavy atom. The van der Waals surface area contributed by atoms with Crippen LogP contribution >= 0.6 is 35.1 Å². The Hall–Kier alpha value is -0.850. The Kier molecular flexibility index (Phi) is 5.23. The second-order valence-electron chi connectivity index (χ2n) is 4.38. The zero-order chi connectivity index (χ0) is 14.7. The second kappa shape index (κ2) is 6.74. The number of carboxylic acids is 1. The number of hydrogen-bond donors (Lipinski definition) is 1. The van der Waals surface area contributed by atoms with E-state index in [9.17, 15) is 4.79 Å². The fourth-order valence-corrected chi connectivity index (χ4v) is 3.64. The van der Waals surface area contributed by atoms with Crippen LogP contribution in [0.5, 0.6) is 0 Å². The van der Waals surface area contributed by atoms with Crippen molar-refractivity contribution in [2.45, 2.75) is 18.1 Å². The predicted molar refractivity (Wildman–Crippen MR) is 86.2 cm³/mol. The number of nitrogens with zero attached hydrogens (tertiary/aromatic N) is 2. The third kappa shape index (κ3) is 3.42. The normalized spacial score (nSPS) is 12.8. The molecule has 1 aromatic heterocycles. The summed E-state index contributed by atoms with van der Waals surface area (Å²) >= 11 is 9.05. The lowest BCUT2D eigenvalue weighted by Gasteiger charge is -2.16. The van der Waals surface area contributed by atoms with E-state index in [2.05, 4.69) is 16.5 Å². The van der Waals surface area contributed by atoms with Gasteiger partial charge in [0.1, 0.15) is 0 Å². The molecule has 4 nitrogen and oxygen atoms in total. The highest BCUT2D eigenvalue weighted by atomic mass is 35.5. The molecule has 2 aromatic rings. The molecule has 1 N–H and O–H groups in total. The maximum atomic E-state index is 10.8. The molecule has 0 fully saturated rings. The lowest BCUT2D eigenvalue weighted by atomic mass is 10.3. The molecule has 0 aliphatic heterocycles. The van der Waals surface area contributed by atoms with Gasteiger partial charge in [0.15, 0.2) is 5.16 Å². The predicted octanol–water partition coefficient (Wildman–Crippen LogP) is 3.79. The highest BCUT2D eigenvalue weighted by molar-refractivity contribution is 7.99. The first-order chi connectivity index (χ1) is 9.52. The van der Waals surface area contributed by atoms with Crippen LogP contribution in [0.4, 0.5) is 0 Å². The molecule has 20 heavy (non-hydrogen) atoms. The van der Waals surface area contributed by atoms with E-state index < -0.39 is 5.97 Å². The zero-order valence-electron chi connectivity index (χ0n) is 11.2. The van der Waals surface area contributed by atoms with Crippen molar-refractivity contribution in [1.82, 2.24) is 9.55 Å². The van der Waals surface area contributed by atoms with Crippen molar-refractivity contribution < 1.29 is 9.90 Å². The molecule has 0 bridgehead atoms. The maximum Gasteiger partial charge on any atom is 0.313 e. The Bertz CT molecular complexity index is 630. The van der Waals surface area contributed by atoms with E-state index in [-0.39, 0.29) is 11.8 Å². The fourth-order valence-electron chi connectivity index (χ4n) is 2.01. The van der Waals surface area contributed by atoms with E-state index in [0.29, 0.717) is 5.02 Å². The number of halogens is 1. The van der Waals surface area contributed by atoms with Crippen LogP contribution in [0.15, 0.2) is 23.4 Å². The molecule has 0 aliphatic rings. The van der Waals surface area contributed by atoms with Crippen molar-refractivity contribution in [1.29, 1.82) is 0 Å². The molecule has 0 radical (unpaired) electrons. The Labute approximate surface area is 130 Å². The van der Waals surface area contributed by atoms with Crippen molar-refractivity contribution in [2.24, 2.45) is 0 Å². The SMILES string of the molecule is CSCC(C)n1c(SCC(=O)O)nc2ccc(Cl)cc21. The maximum absolute atomic E-state index is 10.8. The second-order valence-corrected chi connectivity index (χ2v) is 6.67. The summed E-state index contributed by atoms with van der Waals surface area (Å²) in [6.07, 6.45) is 2.05. The molecule has 108 valence electrons. The Morgan fingerprint density at radius 1 is 1.55 bits per heavy atom. The third-order valence-corrected chi connectivity index (χ3v) is 4.78. The molecule has 7 heteroatoms. The molecule has 1 unspecified atom stereocenters. The first-order valence-corrected chi connectivity index (χ1v) is 8.79. The summed E-state index contributed by atoms with van der Waals surface area (Å²) in [7, 11) is 0. The fraction of sp³-hybridized carbons (Fsp3) is 0.385. The van der Waals surface area contributed by atoms with Crippen LogP contribution in [-0.4, -0.2) is 38.4 Å². The first-order valence-electron chi connectivity index (χ1n) is 6.04. The number of thioether (sulfide) groups is 2. The highest BCUT2D eigenvalue weighted by Gasteiger charge is 2.17. The zero-order valence-corrected chi connectivity index (χ0v) is 13.6. The molecule has 1 heterocycles. The van der Waals surface area contributed by atoms with Gasteiger partial charge < -0.3 is 9.67 Å². The van der Waals surface area contributed by atoms with Crippen LogP contribution in [-0.2, 0) is 4.79 Å². The molecular weight excluding hydrogens is 316 g/mol. The van der Waals surface area contributed by atoms with Gasteiger partial charge in [-0.15, -0.1) is 0 Å². The van der Waals surface area contributed by atoms with Crippen LogP contribution in [0.2, 0.25) is 5.02 Å². The Balaban J connectivity index is 2.48. The van der Waals surface area contributed by atoms with E-state index in [1.807, 2.05) is 18.4 Å². The van der Waals surface area contributed by atoms with E-state index in [0.717, 1.165) is 21.9 Å². The lowest BCUT2D eigenvalue weighted by molar-refractivity contribution is -0.133. The van der Waals surface area contributed by atoms with Gasteiger partial charge in [0.2, 0.25) is 0 Å². The highest BCUT2D eigenvalue weighted by Crippen LogP contribution is 2.30. The molecule has 0 amide bonds. The van der Waals surface area contributed by atoms with Crippen molar-refractivity contribution in [3.63, 3.8) is 0 Å². The number of carbonyl (C=O) groups is 1. The minimum Gasteiger partial charge on any atom is -0.481 e. The van der Waals surface area contributed by atoms with Crippen molar-refractivity contribution >= 4 is 52.1 Å². The van der Waals surface area contributed by atoms with Gasteiger partial charge in [-0.25, -0.2) is 4.98 Å². The molecule has 1 atom stereocenters. The van der Waals surface area contributed by atoms with E-state index in [1.165, 1.54) is 11.8 Å². The third-order valence-electron chi connectivity index (χ3n) is 2.79. The number of benzene rings is 1. The van der Waals surface area contributed by atoms with Gasteiger partial charge in [-0.2, -0.15) is 11.8 Å². The summed E-state index contributed by atoms with van der Waals surface area (Å²) in [5.41, 5.74) is 1.79. The number of aromatic nitrogens is 2. The summed E-state index contributed by atoms with van der Waals surface area (Å²) in [6, 6.07) is 5.77. The van der Waals surface area contributed by atoms with Gasteiger partial charge in [0.25, 0.3) is 0 Å². The van der Waals surface area contributed by atoms with E-state index in [1.54, 1.807) is 17.8 Å². The number of rotatable bonds is 6. The summed E-state index contributed by atoms with van der Waals surface area (Å²) < 4.78 is 2.07. The van der Waals surface area contributed by atoms with Crippen LogP contribution in [0, 0.1) is 0 Å². The summed E-state index contributed by atoms with van der Waals surface area (Å²) in [4.78, 5) is 15.3. The lowest BCUT2D eigenvalue weighted by Crippen LogP contribution is -2.10. The van der Waals surface area contributed by atoms with Gasteiger partial charge in [0.05, 0.1) is 16.8 Å². The minimum absolute atomic E-state index is 0.00302. The molecule has 2 rings (SSSR count). The topological polar surface area (TPSA) is 55.1 Å². The van der Waals surface area contributed by atoms with Gasteiger partial charge in [-0.1, -0.05) is 23.4 Å². The molecule has 0 spiro atoms. The molecular formula is C13H15ClN2O2S2.